The fourth-order valence-corrected chi connectivity index (χ4v) is 2.06. The van der Waals surface area contributed by atoms with Crippen molar-refractivity contribution in [3.8, 4) is 6.07 Å². The minimum atomic E-state index is 0.461. The molecule has 0 saturated heterocycles. The van der Waals surface area contributed by atoms with Crippen LogP contribution in [0.25, 0.3) is 0 Å². The monoisotopic (exact) mass is 244 g/mol. The molecule has 0 aromatic heterocycles. The zero-order chi connectivity index (χ0) is 13.1. The van der Waals surface area contributed by atoms with Gasteiger partial charge >= 0.3 is 0 Å². The van der Waals surface area contributed by atoms with E-state index in [0.717, 1.165) is 18.3 Å². The van der Waals surface area contributed by atoms with Gasteiger partial charge in [-0.3, -0.25) is 4.90 Å². The molecule has 1 aliphatic rings. The number of nitriles is 1. The van der Waals surface area contributed by atoms with Gasteiger partial charge in [0, 0.05) is 18.6 Å². The van der Waals surface area contributed by atoms with Gasteiger partial charge in [-0.15, -0.1) is 0 Å². The van der Waals surface area contributed by atoms with Crippen molar-refractivity contribution in [2.75, 3.05) is 24.6 Å². The molecule has 4 nitrogen and oxygen atoms in total. The van der Waals surface area contributed by atoms with E-state index in [1.54, 1.807) is 6.07 Å². The number of rotatable bonds is 5. The summed E-state index contributed by atoms with van der Waals surface area (Å²) in [7, 11) is 2.17. The largest absolute Gasteiger partial charge is 0.396 e. The summed E-state index contributed by atoms with van der Waals surface area (Å²) in [6, 6.07) is 8.82. The molecule has 0 heterocycles. The van der Waals surface area contributed by atoms with Crippen molar-refractivity contribution in [1.82, 2.24) is 4.90 Å². The highest BCUT2D eigenvalue weighted by Crippen LogP contribution is 2.27. The zero-order valence-electron chi connectivity index (χ0n) is 11.0. The van der Waals surface area contributed by atoms with Gasteiger partial charge < -0.3 is 11.1 Å². The van der Waals surface area contributed by atoms with E-state index < -0.39 is 0 Å². The van der Waals surface area contributed by atoms with E-state index in [0.29, 0.717) is 17.3 Å². The Balaban J connectivity index is 1.95. The van der Waals surface area contributed by atoms with Gasteiger partial charge in [-0.05, 0) is 38.9 Å². The molecule has 96 valence electrons. The average molecular weight is 244 g/mol. The van der Waals surface area contributed by atoms with Crippen molar-refractivity contribution in [2.24, 2.45) is 0 Å². The van der Waals surface area contributed by atoms with Crippen LogP contribution in [0, 0.1) is 11.3 Å². The van der Waals surface area contributed by atoms with Crippen LogP contribution < -0.4 is 11.1 Å². The molecule has 0 radical (unpaired) electrons. The van der Waals surface area contributed by atoms with Crippen molar-refractivity contribution in [3.05, 3.63) is 23.8 Å². The van der Waals surface area contributed by atoms with Gasteiger partial charge in [-0.2, -0.15) is 5.26 Å². The van der Waals surface area contributed by atoms with Gasteiger partial charge in [0.2, 0.25) is 0 Å². The Bertz CT molecular complexity index is 459. The third kappa shape index (κ3) is 2.74. The second kappa shape index (κ2) is 5.28. The molecule has 1 aromatic rings. The minimum Gasteiger partial charge on any atom is -0.396 e. The number of nitrogens with zero attached hydrogens (tertiary/aromatic N) is 2. The Kier molecular flexibility index (Phi) is 3.73. The minimum absolute atomic E-state index is 0.461. The fourth-order valence-electron chi connectivity index (χ4n) is 2.06. The number of anilines is 2. The predicted molar refractivity (Wildman–Crippen MR) is 74.3 cm³/mol. The Hall–Kier alpha value is -1.73. The topological polar surface area (TPSA) is 65.1 Å². The number of likely N-dealkylation sites (N-methyl/N-ethyl adjacent to an activating group) is 1. The Morgan fingerprint density at radius 1 is 1.56 bits per heavy atom. The molecule has 0 amide bonds. The standard InChI is InChI=1S/C14H20N4/c1-10(18(2)12-6-7-12)9-17-13-5-3-4-11(8-15)14(13)16/h3-5,10,12,17H,6-7,9,16H2,1-2H3. The molecule has 18 heavy (non-hydrogen) atoms. The van der Waals surface area contributed by atoms with Gasteiger partial charge in [-0.1, -0.05) is 6.07 Å². The third-order valence-electron chi connectivity index (χ3n) is 3.63. The van der Waals surface area contributed by atoms with Crippen LogP contribution in [0.5, 0.6) is 0 Å². The number of hydrogen-bond acceptors (Lipinski definition) is 4. The summed E-state index contributed by atoms with van der Waals surface area (Å²) >= 11 is 0. The van der Waals surface area contributed by atoms with Crippen molar-refractivity contribution >= 4 is 11.4 Å². The maximum atomic E-state index is 8.92. The fraction of sp³-hybridized carbons (Fsp3) is 0.500. The van der Waals surface area contributed by atoms with E-state index in [4.69, 9.17) is 11.0 Å². The molecule has 1 aromatic carbocycles. The van der Waals surface area contributed by atoms with Crippen LogP contribution in [-0.2, 0) is 0 Å². The molecule has 0 bridgehead atoms. The maximum Gasteiger partial charge on any atom is 0.101 e. The van der Waals surface area contributed by atoms with Crippen LogP contribution in [0.3, 0.4) is 0 Å². The SMILES string of the molecule is CC(CNc1cccc(C#N)c1N)N(C)C1CC1. The Morgan fingerprint density at radius 2 is 2.28 bits per heavy atom. The molecule has 3 N–H and O–H groups in total. The van der Waals surface area contributed by atoms with Crippen molar-refractivity contribution < 1.29 is 0 Å². The first-order valence-electron chi connectivity index (χ1n) is 6.38. The van der Waals surface area contributed by atoms with Gasteiger partial charge in [0.15, 0.2) is 0 Å². The molecule has 2 rings (SSSR count). The van der Waals surface area contributed by atoms with Crippen LogP contribution in [0.2, 0.25) is 0 Å². The van der Waals surface area contributed by atoms with E-state index in [9.17, 15) is 0 Å². The van der Waals surface area contributed by atoms with Crippen molar-refractivity contribution in [2.45, 2.75) is 31.8 Å². The van der Waals surface area contributed by atoms with Crippen LogP contribution in [0.4, 0.5) is 11.4 Å². The van der Waals surface area contributed by atoms with E-state index >= 15 is 0 Å². The molecule has 0 spiro atoms. The number of para-hydroxylation sites is 1. The average Bonchev–Trinajstić information content (AvgIpc) is 3.20. The lowest BCUT2D eigenvalue weighted by molar-refractivity contribution is 0.257. The van der Waals surface area contributed by atoms with Crippen molar-refractivity contribution in [3.63, 3.8) is 0 Å². The molecule has 1 unspecified atom stereocenters. The van der Waals surface area contributed by atoms with Crippen LogP contribution in [0.15, 0.2) is 18.2 Å². The first kappa shape index (κ1) is 12.7. The van der Waals surface area contributed by atoms with Crippen LogP contribution >= 0.6 is 0 Å². The zero-order valence-corrected chi connectivity index (χ0v) is 11.0. The van der Waals surface area contributed by atoms with Crippen LogP contribution in [-0.4, -0.2) is 30.6 Å². The molecule has 4 heteroatoms. The molecule has 0 aliphatic heterocycles. The number of nitrogens with one attached hydrogen (secondary N) is 1. The second-order valence-corrected chi connectivity index (χ2v) is 5.01. The lowest BCUT2D eigenvalue weighted by Gasteiger charge is -2.25. The molecule has 1 saturated carbocycles. The lowest BCUT2D eigenvalue weighted by Crippen LogP contribution is -2.36. The van der Waals surface area contributed by atoms with Gasteiger partial charge in [0.05, 0.1) is 16.9 Å². The number of nitrogen functional groups attached to an aromatic ring is 1. The van der Waals surface area contributed by atoms with Gasteiger partial charge in [-0.25, -0.2) is 0 Å². The maximum absolute atomic E-state index is 8.92. The molecular formula is C14H20N4. The van der Waals surface area contributed by atoms with Crippen molar-refractivity contribution in [1.29, 1.82) is 5.26 Å². The van der Waals surface area contributed by atoms with E-state index in [1.165, 1.54) is 12.8 Å². The van der Waals surface area contributed by atoms with Gasteiger partial charge in [0.25, 0.3) is 0 Å². The van der Waals surface area contributed by atoms with E-state index in [2.05, 4.69) is 30.3 Å². The summed E-state index contributed by atoms with van der Waals surface area (Å²) in [5.74, 6) is 0. The Morgan fingerprint density at radius 3 is 2.89 bits per heavy atom. The summed E-state index contributed by atoms with van der Waals surface area (Å²) in [4.78, 5) is 2.40. The summed E-state index contributed by atoms with van der Waals surface area (Å²) in [5, 5.41) is 12.3. The highest BCUT2D eigenvalue weighted by molar-refractivity contribution is 5.72. The van der Waals surface area contributed by atoms with Gasteiger partial charge in [0.1, 0.15) is 6.07 Å². The highest BCUT2D eigenvalue weighted by atomic mass is 15.2. The quantitative estimate of drug-likeness (QED) is 0.778. The smallest absolute Gasteiger partial charge is 0.101 e. The first-order valence-corrected chi connectivity index (χ1v) is 6.38. The number of benzene rings is 1. The number of hydrogen-bond donors (Lipinski definition) is 2. The molecular weight excluding hydrogens is 224 g/mol. The molecule has 1 aliphatic carbocycles. The molecule has 1 atom stereocenters. The first-order chi connectivity index (χ1) is 8.63. The second-order valence-electron chi connectivity index (χ2n) is 5.01. The summed E-state index contributed by atoms with van der Waals surface area (Å²) < 4.78 is 0. The normalized spacial score (nSPS) is 16.3. The number of nitrogens with two attached hydrogens (primary N) is 1. The summed E-state index contributed by atoms with van der Waals surface area (Å²) in [6.07, 6.45) is 2.62. The van der Waals surface area contributed by atoms with E-state index in [-0.39, 0.29) is 0 Å². The lowest BCUT2D eigenvalue weighted by atomic mass is 10.1. The summed E-state index contributed by atoms with van der Waals surface area (Å²) in [5.41, 5.74) is 7.86. The third-order valence-corrected chi connectivity index (χ3v) is 3.63. The van der Waals surface area contributed by atoms with Crippen LogP contribution in [0.1, 0.15) is 25.3 Å². The van der Waals surface area contributed by atoms with E-state index in [1.807, 2.05) is 12.1 Å². The molecule has 1 fully saturated rings. The Labute approximate surface area is 108 Å². The predicted octanol–water partition coefficient (Wildman–Crippen LogP) is 2.04. The highest BCUT2D eigenvalue weighted by Gasteiger charge is 2.28. The summed E-state index contributed by atoms with van der Waals surface area (Å²) in [6.45, 7) is 3.04.